The normalized spacial score (nSPS) is 16.9. The highest BCUT2D eigenvalue weighted by molar-refractivity contribution is 5.34. The Morgan fingerprint density at radius 1 is 1.36 bits per heavy atom. The molecule has 0 bridgehead atoms. The Labute approximate surface area is 80.7 Å². The van der Waals surface area contributed by atoms with Crippen molar-refractivity contribution >= 4 is 0 Å². The average molecular weight is 193 g/mol. The summed E-state index contributed by atoms with van der Waals surface area (Å²) in [5.74, 6) is -0.519. The topological polar surface area (TPSA) is 42.2 Å². The summed E-state index contributed by atoms with van der Waals surface area (Å²) in [4.78, 5) is 0. The number of halogens is 1. The van der Waals surface area contributed by atoms with Crippen LogP contribution in [0.5, 0.6) is 0 Å². The lowest BCUT2D eigenvalue weighted by atomic mass is 10.1. The van der Waals surface area contributed by atoms with Gasteiger partial charge >= 0.3 is 0 Å². The molecule has 4 heteroatoms. The third-order valence-electron chi connectivity index (χ3n) is 2.00. The molecule has 14 heavy (non-hydrogen) atoms. The summed E-state index contributed by atoms with van der Waals surface area (Å²) < 4.78 is 23.4. The largest absolute Gasteiger partial charge is 0.346 e. The van der Waals surface area contributed by atoms with Crippen LogP contribution < -0.4 is 0 Å². The highest BCUT2D eigenvalue weighted by atomic mass is 19.1. The van der Waals surface area contributed by atoms with Gasteiger partial charge in [-0.05, 0) is 12.1 Å². The van der Waals surface area contributed by atoms with Crippen molar-refractivity contribution in [3.8, 4) is 6.07 Å². The van der Waals surface area contributed by atoms with Crippen molar-refractivity contribution in [2.75, 3.05) is 13.2 Å². The molecule has 0 atom stereocenters. The number of benzene rings is 1. The molecular weight excluding hydrogens is 185 g/mol. The molecule has 1 aromatic carbocycles. The maximum absolute atomic E-state index is 13.0. The van der Waals surface area contributed by atoms with Crippen LogP contribution in [0, 0.1) is 17.1 Å². The van der Waals surface area contributed by atoms with Gasteiger partial charge in [0, 0.05) is 5.56 Å². The van der Waals surface area contributed by atoms with Crippen molar-refractivity contribution in [2.24, 2.45) is 0 Å². The van der Waals surface area contributed by atoms with Crippen molar-refractivity contribution in [3.05, 3.63) is 35.1 Å². The van der Waals surface area contributed by atoms with Crippen molar-refractivity contribution in [2.45, 2.75) is 6.29 Å². The fourth-order valence-corrected chi connectivity index (χ4v) is 1.33. The van der Waals surface area contributed by atoms with Crippen molar-refractivity contribution < 1.29 is 13.9 Å². The van der Waals surface area contributed by atoms with E-state index in [1.807, 2.05) is 0 Å². The molecule has 0 aliphatic carbocycles. The summed E-state index contributed by atoms with van der Waals surface area (Å²) in [6, 6.07) is 6.03. The lowest BCUT2D eigenvalue weighted by molar-refractivity contribution is -0.0441. The van der Waals surface area contributed by atoms with E-state index < -0.39 is 12.1 Å². The fourth-order valence-electron chi connectivity index (χ4n) is 1.33. The minimum absolute atomic E-state index is 0.0154. The SMILES string of the molecule is N#Cc1cc(C2OCCO2)ccc1F. The van der Waals surface area contributed by atoms with E-state index in [4.69, 9.17) is 14.7 Å². The summed E-state index contributed by atoms with van der Waals surface area (Å²) in [5.41, 5.74) is 0.696. The molecule has 72 valence electrons. The zero-order chi connectivity index (χ0) is 9.97. The second-order valence-electron chi connectivity index (χ2n) is 2.92. The Bertz CT molecular complexity index is 380. The Hall–Kier alpha value is -1.44. The van der Waals surface area contributed by atoms with Gasteiger partial charge in [0.1, 0.15) is 11.9 Å². The summed E-state index contributed by atoms with van der Waals surface area (Å²) in [5, 5.41) is 8.61. The van der Waals surface area contributed by atoms with Gasteiger partial charge in [0.05, 0.1) is 18.8 Å². The van der Waals surface area contributed by atoms with Crippen LogP contribution in [0.3, 0.4) is 0 Å². The van der Waals surface area contributed by atoms with Crippen LogP contribution in [-0.2, 0) is 9.47 Å². The summed E-state index contributed by atoms with van der Waals surface area (Å²) >= 11 is 0. The van der Waals surface area contributed by atoms with E-state index in [9.17, 15) is 4.39 Å². The van der Waals surface area contributed by atoms with Crippen molar-refractivity contribution in [1.82, 2.24) is 0 Å². The Balaban J connectivity index is 2.31. The fraction of sp³-hybridized carbons (Fsp3) is 0.300. The predicted octanol–water partition coefficient (Wildman–Crippen LogP) is 1.74. The monoisotopic (exact) mass is 193 g/mol. The molecule has 0 aromatic heterocycles. The third kappa shape index (κ3) is 1.60. The summed E-state index contributed by atoms with van der Waals surface area (Å²) in [7, 11) is 0. The lowest BCUT2D eigenvalue weighted by Gasteiger charge is -2.09. The molecule has 3 nitrogen and oxygen atoms in total. The van der Waals surface area contributed by atoms with Gasteiger partial charge in [0.25, 0.3) is 0 Å². The molecular formula is C10H8FNO2. The van der Waals surface area contributed by atoms with Gasteiger partial charge in [0.2, 0.25) is 0 Å². The third-order valence-corrected chi connectivity index (χ3v) is 2.00. The predicted molar refractivity (Wildman–Crippen MR) is 45.8 cm³/mol. The smallest absolute Gasteiger partial charge is 0.184 e. The molecule has 2 rings (SSSR count). The minimum Gasteiger partial charge on any atom is -0.346 e. The minimum atomic E-state index is -0.519. The zero-order valence-electron chi connectivity index (χ0n) is 7.37. The molecule has 1 saturated heterocycles. The van der Waals surface area contributed by atoms with Gasteiger partial charge in [-0.1, -0.05) is 6.07 Å². The van der Waals surface area contributed by atoms with E-state index in [1.165, 1.54) is 12.1 Å². The van der Waals surface area contributed by atoms with E-state index in [0.29, 0.717) is 18.8 Å². The van der Waals surface area contributed by atoms with E-state index in [0.717, 1.165) is 0 Å². The maximum atomic E-state index is 13.0. The van der Waals surface area contributed by atoms with Gasteiger partial charge in [0.15, 0.2) is 6.29 Å². The van der Waals surface area contributed by atoms with Crippen LogP contribution in [0.2, 0.25) is 0 Å². The van der Waals surface area contributed by atoms with E-state index in [2.05, 4.69) is 0 Å². The molecule has 1 aliphatic heterocycles. The quantitative estimate of drug-likeness (QED) is 0.682. The first-order valence-corrected chi connectivity index (χ1v) is 4.24. The van der Waals surface area contributed by atoms with Gasteiger partial charge in [-0.3, -0.25) is 0 Å². The number of hydrogen-bond donors (Lipinski definition) is 0. The second-order valence-corrected chi connectivity index (χ2v) is 2.92. The Morgan fingerprint density at radius 3 is 2.71 bits per heavy atom. The molecule has 0 radical (unpaired) electrons. The van der Waals surface area contributed by atoms with E-state index in [-0.39, 0.29) is 5.56 Å². The number of hydrogen-bond acceptors (Lipinski definition) is 3. The zero-order valence-corrected chi connectivity index (χ0v) is 7.37. The molecule has 1 fully saturated rings. The van der Waals surface area contributed by atoms with Crippen LogP contribution in [0.4, 0.5) is 4.39 Å². The molecule has 0 saturated carbocycles. The number of nitrogens with zero attached hydrogens (tertiary/aromatic N) is 1. The first-order chi connectivity index (χ1) is 6.81. The number of ether oxygens (including phenoxy) is 2. The van der Waals surface area contributed by atoms with Gasteiger partial charge in [-0.15, -0.1) is 0 Å². The molecule has 1 heterocycles. The molecule has 0 spiro atoms. The first kappa shape index (κ1) is 9.13. The van der Waals surface area contributed by atoms with Crippen LogP contribution in [-0.4, -0.2) is 13.2 Å². The van der Waals surface area contributed by atoms with E-state index in [1.54, 1.807) is 12.1 Å². The summed E-state index contributed by atoms with van der Waals surface area (Å²) in [6.07, 6.45) is -0.456. The van der Waals surface area contributed by atoms with Crippen LogP contribution in [0.25, 0.3) is 0 Å². The molecule has 0 unspecified atom stereocenters. The number of rotatable bonds is 1. The molecule has 0 amide bonds. The highest BCUT2D eigenvalue weighted by Crippen LogP contribution is 2.24. The van der Waals surface area contributed by atoms with Crippen LogP contribution in [0.15, 0.2) is 18.2 Å². The lowest BCUT2D eigenvalue weighted by Crippen LogP contribution is -1.99. The van der Waals surface area contributed by atoms with Crippen molar-refractivity contribution in [1.29, 1.82) is 5.26 Å². The highest BCUT2D eigenvalue weighted by Gasteiger charge is 2.19. The van der Waals surface area contributed by atoms with Gasteiger partial charge < -0.3 is 9.47 Å². The first-order valence-electron chi connectivity index (χ1n) is 4.24. The average Bonchev–Trinajstić information content (AvgIpc) is 2.71. The number of nitriles is 1. The van der Waals surface area contributed by atoms with Crippen LogP contribution >= 0.6 is 0 Å². The molecule has 0 N–H and O–H groups in total. The molecule has 1 aromatic rings. The van der Waals surface area contributed by atoms with Gasteiger partial charge in [-0.25, -0.2) is 4.39 Å². The maximum Gasteiger partial charge on any atom is 0.184 e. The Morgan fingerprint density at radius 2 is 2.07 bits per heavy atom. The summed E-state index contributed by atoms with van der Waals surface area (Å²) in [6.45, 7) is 1.06. The van der Waals surface area contributed by atoms with Gasteiger partial charge in [-0.2, -0.15) is 5.26 Å². The van der Waals surface area contributed by atoms with Crippen molar-refractivity contribution in [3.63, 3.8) is 0 Å². The second kappa shape index (κ2) is 3.74. The Kier molecular flexibility index (Phi) is 2.44. The van der Waals surface area contributed by atoms with E-state index >= 15 is 0 Å². The standard InChI is InChI=1S/C10H8FNO2/c11-9-2-1-7(5-8(9)6-12)10-13-3-4-14-10/h1-2,5,10H,3-4H2. The van der Waals surface area contributed by atoms with Crippen LogP contribution in [0.1, 0.15) is 17.4 Å². The molecule has 1 aliphatic rings.